The van der Waals surface area contributed by atoms with Gasteiger partial charge in [-0.05, 0) is 49.5 Å². The lowest BCUT2D eigenvalue weighted by molar-refractivity contribution is -0.261. The molecule has 0 saturated heterocycles. The Morgan fingerprint density at radius 1 is 0.613 bits per heavy atom. The van der Waals surface area contributed by atoms with Crippen LogP contribution in [0.5, 0.6) is 34.5 Å². The maximum absolute atomic E-state index is 10.3. The smallest absolute Gasteiger partial charge is 0.431 e. The van der Waals surface area contributed by atoms with Crippen LogP contribution in [0.3, 0.4) is 0 Å². The number of benzene rings is 3. The van der Waals surface area contributed by atoms with Gasteiger partial charge in [-0.1, -0.05) is 50.2 Å². The summed E-state index contributed by atoms with van der Waals surface area (Å²) in [6.45, 7) is 5.40. The van der Waals surface area contributed by atoms with Crippen molar-refractivity contribution in [2.45, 2.75) is 19.8 Å². The summed E-state index contributed by atoms with van der Waals surface area (Å²) in [6.07, 6.45) is 0. The quantitative estimate of drug-likeness (QED) is 0.416. The second kappa shape index (κ2) is 9.95. The molecule has 0 heterocycles. The zero-order chi connectivity index (χ0) is 22.3. The lowest BCUT2D eigenvalue weighted by atomic mass is 10.3. The van der Waals surface area contributed by atoms with Crippen LogP contribution >= 0.6 is 0 Å². The third-order valence-corrected chi connectivity index (χ3v) is 4.70. The van der Waals surface area contributed by atoms with Crippen LogP contribution in [0.1, 0.15) is 13.8 Å². The van der Waals surface area contributed by atoms with Crippen LogP contribution in [0.15, 0.2) is 72.8 Å². The molecule has 7 heteroatoms. The van der Waals surface area contributed by atoms with Crippen molar-refractivity contribution in [3.63, 3.8) is 0 Å². The van der Waals surface area contributed by atoms with Crippen molar-refractivity contribution in [3.8, 4) is 34.5 Å². The summed E-state index contributed by atoms with van der Waals surface area (Å²) in [5.41, 5.74) is 0. The molecule has 0 fully saturated rings. The minimum atomic E-state index is -1.84. The molecule has 0 saturated carbocycles. The fraction of sp³-hybridized carbons (Fsp3) is 0.250. The first-order valence-electron chi connectivity index (χ1n) is 10.1. The van der Waals surface area contributed by atoms with Crippen LogP contribution in [-0.2, 0) is 0 Å². The number of para-hydroxylation sites is 6. The first-order valence-corrected chi connectivity index (χ1v) is 10.1. The highest BCUT2D eigenvalue weighted by molar-refractivity contribution is 5.42. The van der Waals surface area contributed by atoms with E-state index in [-0.39, 0.29) is 41.0 Å². The average Bonchev–Trinajstić information content (AvgIpc) is 2.77. The lowest BCUT2D eigenvalue weighted by Crippen LogP contribution is -2.56. The van der Waals surface area contributed by atoms with E-state index in [2.05, 4.69) is 0 Å². The molecule has 3 aromatic carbocycles. The van der Waals surface area contributed by atoms with E-state index in [1.807, 2.05) is 18.7 Å². The van der Waals surface area contributed by atoms with Crippen molar-refractivity contribution >= 4 is 0 Å². The van der Waals surface area contributed by atoms with Crippen molar-refractivity contribution in [2.24, 2.45) is 0 Å². The van der Waals surface area contributed by atoms with Crippen LogP contribution in [0.4, 0.5) is 0 Å². The molecule has 0 amide bonds. The summed E-state index contributed by atoms with van der Waals surface area (Å²) in [5.74, 6) is -1.78. The SMILES string of the molecule is CCN(CC)CC(Oc1ccccc1O)(Oc1ccccc1O)Oc1ccccc1O. The van der Waals surface area contributed by atoms with Crippen molar-refractivity contribution < 1.29 is 29.5 Å². The monoisotopic (exact) mass is 425 g/mol. The Morgan fingerprint density at radius 2 is 0.935 bits per heavy atom. The van der Waals surface area contributed by atoms with E-state index < -0.39 is 5.97 Å². The molecule has 0 spiro atoms. The Bertz CT molecular complexity index is 873. The molecular formula is C24H27NO6. The van der Waals surface area contributed by atoms with Gasteiger partial charge in [-0.3, -0.25) is 4.90 Å². The van der Waals surface area contributed by atoms with Gasteiger partial charge in [-0.2, -0.15) is 0 Å². The molecule has 3 N–H and O–H groups in total. The van der Waals surface area contributed by atoms with Crippen molar-refractivity contribution in [1.29, 1.82) is 0 Å². The molecule has 0 radical (unpaired) electrons. The maximum atomic E-state index is 10.3. The molecule has 0 aromatic heterocycles. The van der Waals surface area contributed by atoms with Gasteiger partial charge in [0.2, 0.25) is 0 Å². The van der Waals surface area contributed by atoms with Crippen LogP contribution in [0.25, 0.3) is 0 Å². The summed E-state index contributed by atoms with van der Waals surface area (Å²) < 4.78 is 18.4. The van der Waals surface area contributed by atoms with Gasteiger partial charge in [0.25, 0.3) is 0 Å². The summed E-state index contributed by atoms with van der Waals surface area (Å²) in [5, 5.41) is 30.9. The molecule has 0 atom stereocenters. The fourth-order valence-electron chi connectivity index (χ4n) is 3.01. The van der Waals surface area contributed by atoms with Gasteiger partial charge in [-0.25, -0.2) is 0 Å². The van der Waals surface area contributed by atoms with Gasteiger partial charge >= 0.3 is 5.97 Å². The lowest BCUT2D eigenvalue weighted by Gasteiger charge is -2.37. The van der Waals surface area contributed by atoms with Crippen molar-refractivity contribution in [3.05, 3.63) is 72.8 Å². The first kappa shape index (κ1) is 22.1. The molecule has 31 heavy (non-hydrogen) atoms. The van der Waals surface area contributed by atoms with Gasteiger partial charge < -0.3 is 29.5 Å². The number of hydrogen-bond acceptors (Lipinski definition) is 7. The highest BCUT2D eigenvalue weighted by atomic mass is 16.9. The largest absolute Gasteiger partial charge is 0.504 e. The molecule has 3 rings (SSSR count). The Morgan fingerprint density at radius 3 is 1.23 bits per heavy atom. The van der Waals surface area contributed by atoms with Crippen LogP contribution < -0.4 is 14.2 Å². The minimum Gasteiger partial charge on any atom is -0.504 e. The van der Waals surface area contributed by atoms with E-state index in [1.54, 1.807) is 54.6 Å². The Hall–Kier alpha value is -3.58. The number of aromatic hydroxyl groups is 3. The number of likely N-dealkylation sites (N-methyl/N-ethyl adjacent to an activating group) is 1. The van der Waals surface area contributed by atoms with Crippen LogP contribution in [0.2, 0.25) is 0 Å². The molecular weight excluding hydrogens is 398 g/mol. The highest BCUT2D eigenvalue weighted by Gasteiger charge is 2.42. The zero-order valence-corrected chi connectivity index (χ0v) is 17.6. The fourth-order valence-corrected chi connectivity index (χ4v) is 3.01. The van der Waals surface area contributed by atoms with E-state index in [0.29, 0.717) is 13.1 Å². The average molecular weight is 425 g/mol. The zero-order valence-electron chi connectivity index (χ0n) is 17.6. The number of phenols is 3. The standard InChI is InChI=1S/C24H27NO6/c1-3-25(4-2)17-24(29-21-14-8-5-11-18(21)26,30-22-15-9-6-12-19(22)27)31-23-16-10-7-13-20(23)28/h5-16,26-28H,3-4,17H2,1-2H3. The molecule has 0 bridgehead atoms. The minimum absolute atomic E-state index is 0.104. The van der Waals surface area contributed by atoms with Gasteiger partial charge in [0.1, 0.15) is 6.54 Å². The number of phenolic OH excluding ortho intramolecular Hbond substituents is 3. The molecule has 7 nitrogen and oxygen atoms in total. The maximum Gasteiger partial charge on any atom is 0.431 e. The Kier molecular flexibility index (Phi) is 7.10. The van der Waals surface area contributed by atoms with Crippen LogP contribution in [-0.4, -0.2) is 45.8 Å². The van der Waals surface area contributed by atoms with E-state index in [4.69, 9.17) is 14.2 Å². The second-order valence-corrected chi connectivity index (χ2v) is 6.85. The normalized spacial score (nSPS) is 11.3. The molecule has 0 unspecified atom stereocenters. The number of rotatable bonds is 10. The number of nitrogens with zero attached hydrogens (tertiary/aromatic N) is 1. The van der Waals surface area contributed by atoms with E-state index >= 15 is 0 Å². The third kappa shape index (κ3) is 5.52. The topological polar surface area (TPSA) is 91.6 Å². The van der Waals surface area contributed by atoms with Crippen LogP contribution in [0, 0.1) is 0 Å². The molecule has 0 aliphatic heterocycles. The summed E-state index contributed by atoms with van der Waals surface area (Å²) in [6, 6.07) is 19.3. The van der Waals surface area contributed by atoms with Crippen molar-refractivity contribution in [1.82, 2.24) is 4.90 Å². The van der Waals surface area contributed by atoms with Crippen molar-refractivity contribution in [2.75, 3.05) is 19.6 Å². The summed E-state index contributed by atoms with van der Waals surface area (Å²) in [7, 11) is 0. The van der Waals surface area contributed by atoms with E-state index in [1.165, 1.54) is 18.2 Å². The molecule has 3 aromatic rings. The second-order valence-electron chi connectivity index (χ2n) is 6.85. The predicted octanol–water partition coefficient (Wildman–Crippen LogP) is 4.34. The van der Waals surface area contributed by atoms with Gasteiger partial charge in [0.15, 0.2) is 34.5 Å². The number of hydrogen-bond donors (Lipinski definition) is 3. The summed E-state index contributed by atoms with van der Waals surface area (Å²) >= 11 is 0. The molecule has 0 aliphatic rings. The van der Waals surface area contributed by atoms with E-state index in [0.717, 1.165) is 0 Å². The molecule has 164 valence electrons. The van der Waals surface area contributed by atoms with Gasteiger partial charge in [-0.15, -0.1) is 0 Å². The highest BCUT2D eigenvalue weighted by Crippen LogP contribution is 2.37. The van der Waals surface area contributed by atoms with Gasteiger partial charge in [0, 0.05) is 0 Å². The molecule has 0 aliphatic carbocycles. The Labute approximate surface area is 181 Å². The Balaban J connectivity index is 2.11. The van der Waals surface area contributed by atoms with Gasteiger partial charge in [0.05, 0.1) is 0 Å². The van der Waals surface area contributed by atoms with E-state index in [9.17, 15) is 15.3 Å². The first-order chi connectivity index (χ1) is 15.0. The predicted molar refractivity (Wildman–Crippen MR) is 117 cm³/mol. The number of ether oxygens (including phenoxy) is 3. The summed E-state index contributed by atoms with van der Waals surface area (Å²) in [4.78, 5) is 2.00. The third-order valence-electron chi connectivity index (χ3n) is 4.70.